The van der Waals surface area contributed by atoms with Gasteiger partial charge in [-0.3, -0.25) is 4.90 Å². The van der Waals surface area contributed by atoms with Crippen LogP contribution in [-0.2, 0) is 0 Å². The number of ether oxygens (including phenoxy) is 1. The standard InChI is InChI=1S/C19H27N5O/c1-15-14-16(2)22-19(21-15)20-8-9-23-10-12-24(13-11-23)17-4-6-18(25-3)7-5-17/h4-7,14H,8-13H2,1-3H3,(H,20,21,22). The molecular formula is C19H27N5O. The Morgan fingerprint density at radius 3 is 2.24 bits per heavy atom. The zero-order valence-corrected chi connectivity index (χ0v) is 15.3. The van der Waals surface area contributed by atoms with Crippen molar-refractivity contribution in [2.45, 2.75) is 13.8 Å². The average molecular weight is 341 g/mol. The van der Waals surface area contributed by atoms with E-state index in [1.807, 2.05) is 32.0 Å². The Bertz CT molecular complexity index is 660. The number of piperazine rings is 1. The van der Waals surface area contributed by atoms with Crippen molar-refractivity contribution in [3.63, 3.8) is 0 Å². The van der Waals surface area contributed by atoms with Gasteiger partial charge < -0.3 is 15.0 Å². The highest BCUT2D eigenvalue weighted by molar-refractivity contribution is 5.49. The van der Waals surface area contributed by atoms with Crippen LogP contribution in [0.25, 0.3) is 0 Å². The molecule has 2 heterocycles. The third-order valence-electron chi connectivity index (χ3n) is 4.50. The molecule has 3 rings (SSSR count). The maximum Gasteiger partial charge on any atom is 0.223 e. The molecule has 134 valence electrons. The van der Waals surface area contributed by atoms with Gasteiger partial charge in [0, 0.05) is 56.3 Å². The fourth-order valence-corrected chi connectivity index (χ4v) is 3.15. The van der Waals surface area contributed by atoms with Crippen LogP contribution >= 0.6 is 0 Å². The number of benzene rings is 1. The van der Waals surface area contributed by atoms with E-state index in [0.29, 0.717) is 0 Å². The second kappa shape index (κ2) is 8.16. The van der Waals surface area contributed by atoms with Gasteiger partial charge in [-0.05, 0) is 44.2 Å². The lowest BCUT2D eigenvalue weighted by molar-refractivity contribution is 0.267. The number of methoxy groups -OCH3 is 1. The van der Waals surface area contributed by atoms with E-state index in [4.69, 9.17) is 4.74 Å². The van der Waals surface area contributed by atoms with Crippen LogP contribution in [0.4, 0.5) is 11.6 Å². The van der Waals surface area contributed by atoms with Gasteiger partial charge >= 0.3 is 0 Å². The highest BCUT2D eigenvalue weighted by atomic mass is 16.5. The Hall–Kier alpha value is -2.34. The lowest BCUT2D eigenvalue weighted by atomic mass is 10.2. The van der Waals surface area contributed by atoms with Crippen LogP contribution < -0.4 is 15.0 Å². The van der Waals surface area contributed by atoms with Crippen molar-refractivity contribution in [3.8, 4) is 5.75 Å². The quantitative estimate of drug-likeness (QED) is 0.870. The molecule has 0 aliphatic carbocycles. The van der Waals surface area contributed by atoms with E-state index in [1.165, 1.54) is 5.69 Å². The smallest absolute Gasteiger partial charge is 0.223 e. The Balaban J connectivity index is 1.43. The van der Waals surface area contributed by atoms with Crippen molar-refractivity contribution < 1.29 is 4.74 Å². The van der Waals surface area contributed by atoms with Gasteiger partial charge in [0.25, 0.3) is 0 Å². The van der Waals surface area contributed by atoms with Gasteiger partial charge in [-0.2, -0.15) is 0 Å². The Kier molecular flexibility index (Phi) is 5.71. The number of hydrogen-bond acceptors (Lipinski definition) is 6. The van der Waals surface area contributed by atoms with Gasteiger partial charge in [0.05, 0.1) is 7.11 Å². The van der Waals surface area contributed by atoms with Crippen molar-refractivity contribution in [2.24, 2.45) is 0 Å². The first-order valence-electron chi connectivity index (χ1n) is 8.81. The van der Waals surface area contributed by atoms with Gasteiger partial charge in [0.1, 0.15) is 5.75 Å². The van der Waals surface area contributed by atoms with E-state index in [2.05, 4.69) is 37.2 Å². The fourth-order valence-electron chi connectivity index (χ4n) is 3.15. The minimum atomic E-state index is 0.731. The number of aryl methyl sites for hydroxylation is 2. The Morgan fingerprint density at radius 2 is 1.64 bits per heavy atom. The molecule has 0 amide bonds. The molecule has 0 atom stereocenters. The summed E-state index contributed by atoms with van der Waals surface area (Å²) in [5.41, 5.74) is 3.27. The molecule has 0 saturated carbocycles. The van der Waals surface area contributed by atoms with Crippen LogP contribution in [0.1, 0.15) is 11.4 Å². The zero-order chi connectivity index (χ0) is 17.6. The first kappa shape index (κ1) is 17.5. The molecule has 0 bridgehead atoms. The summed E-state index contributed by atoms with van der Waals surface area (Å²) in [5.74, 6) is 1.64. The normalized spacial score (nSPS) is 15.2. The van der Waals surface area contributed by atoms with Crippen molar-refractivity contribution in [1.82, 2.24) is 14.9 Å². The fraction of sp³-hybridized carbons (Fsp3) is 0.474. The van der Waals surface area contributed by atoms with Crippen LogP contribution in [0.5, 0.6) is 5.75 Å². The third kappa shape index (κ3) is 4.82. The highest BCUT2D eigenvalue weighted by Crippen LogP contribution is 2.20. The van der Waals surface area contributed by atoms with Gasteiger partial charge in [-0.1, -0.05) is 0 Å². The molecule has 1 N–H and O–H groups in total. The van der Waals surface area contributed by atoms with Gasteiger partial charge in [0.15, 0.2) is 0 Å². The zero-order valence-electron chi connectivity index (χ0n) is 15.3. The third-order valence-corrected chi connectivity index (χ3v) is 4.50. The molecule has 1 saturated heterocycles. The molecule has 0 radical (unpaired) electrons. The molecule has 0 unspecified atom stereocenters. The van der Waals surface area contributed by atoms with Crippen molar-refractivity contribution >= 4 is 11.6 Å². The summed E-state index contributed by atoms with van der Waals surface area (Å²) in [6.07, 6.45) is 0. The largest absolute Gasteiger partial charge is 0.497 e. The number of anilines is 2. The Morgan fingerprint density at radius 1 is 1.00 bits per heavy atom. The first-order valence-corrected chi connectivity index (χ1v) is 8.81. The van der Waals surface area contributed by atoms with Gasteiger partial charge in [-0.25, -0.2) is 9.97 Å². The van der Waals surface area contributed by atoms with Crippen molar-refractivity contribution in [3.05, 3.63) is 41.7 Å². The lowest BCUT2D eigenvalue weighted by Crippen LogP contribution is -2.47. The summed E-state index contributed by atoms with van der Waals surface area (Å²) in [7, 11) is 1.70. The maximum absolute atomic E-state index is 5.23. The van der Waals surface area contributed by atoms with E-state index in [0.717, 1.165) is 62.4 Å². The SMILES string of the molecule is COc1ccc(N2CCN(CCNc3nc(C)cc(C)n3)CC2)cc1. The number of hydrogen-bond donors (Lipinski definition) is 1. The van der Waals surface area contributed by atoms with Crippen LogP contribution in [0, 0.1) is 13.8 Å². The van der Waals surface area contributed by atoms with Crippen LogP contribution in [0.3, 0.4) is 0 Å². The molecular weight excluding hydrogens is 314 g/mol. The number of aromatic nitrogens is 2. The van der Waals surface area contributed by atoms with Crippen LogP contribution in [0.2, 0.25) is 0 Å². The van der Waals surface area contributed by atoms with Crippen molar-refractivity contribution in [1.29, 1.82) is 0 Å². The number of rotatable bonds is 6. The average Bonchev–Trinajstić information content (AvgIpc) is 2.62. The summed E-state index contributed by atoms with van der Waals surface area (Å²) >= 11 is 0. The molecule has 1 aromatic heterocycles. The van der Waals surface area contributed by atoms with E-state index >= 15 is 0 Å². The minimum Gasteiger partial charge on any atom is -0.497 e. The predicted octanol–water partition coefficient (Wildman–Crippen LogP) is 2.34. The molecule has 1 fully saturated rings. The predicted molar refractivity (Wildman–Crippen MR) is 102 cm³/mol. The summed E-state index contributed by atoms with van der Waals surface area (Å²) in [6, 6.07) is 10.3. The molecule has 0 spiro atoms. The number of nitrogens with zero attached hydrogens (tertiary/aromatic N) is 4. The molecule has 6 heteroatoms. The summed E-state index contributed by atoms with van der Waals surface area (Å²) in [6.45, 7) is 10.1. The van der Waals surface area contributed by atoms with E-state index in [9.17, 15) is 0 Å². The monoisotopic (exact) mass is 341 g/mol. The summed E-state index contributed by atoms with van der Waals surface area (Å²) in [5, 5.41) is 3.34. The second-order valence-electron chi connectivity index (χ2n) is 6.43. The summed E-state index contributed by atoms with van der Waals surface area (Å²) in [4.78, 5) is 13.8. The van der Waals surface area contributed by atoms with Crippen molar-refractivity contribution in [2.75, 3.05) is 56.6 Å². The molecule has 1 aliphatic heterocycles. The topological polar surface area (TPSA) is 53.5 Å². The molecule has 1 aliphatic rings. The highest BCUT2D eigenvalue weighted by Gasteiger charge is 2.16. The molecule has 25 heavy (non-hydrogen) atoms. The minimum absolute atomic E-state index is 0.731. The van der Waals surface area contributed by atoms with E-state index < -0.39 is 0 Å². The number of nitrogens with one attached hydrogen (secondary N) is 1. The lowest BCUT2D eigenvalue weighted by Gasteiger charge is -2.36. The van der Waals surface area contributed by atoms with Gasteiger partial charge in [-0.15, -0.1) is 0 Å². The molecule has 6 nitrogen and oxygen atoms in total. The Labute approximate surface area is 149 Å². The molecule has 1 aromatic carbocycles. The summed E-state index contributed by atoms with van der Waals surface area (Å²) < 4.78 is 5.23. The molecule has 2 aromatic rings. The van der Waals surface area contributed by atoms with Crippen LogP contribution in [-0.4, -0.2) is 61.2 Å². The van der Waals surface area contributed by atoms with E-state index in [1.54, 1.807) is 7.11 Å². The van der Waals surface area contributed by atoms with Gasteiger partial charge in [0.2, 0.25) is 5.95 Å². The first-order chi connectivity index (χ1) is 12.1. The van der Waals surface area contributed by atoms with E-state index in [-0.39, 0.29) is 0 Å². The maximum atomic E-state index is 5.23. The van der Waals surface area contributed by atoms with Crippen LogP contribution in [0.15, 0.2) is 30.3 Å². The second-order valence-corrected chi connectivity index (χ2v) is 6.43.